The second-order valence-corrected chi connectivity index (χ2v) is 12.8. The number of carbonyl (C=O) groups excluding carboxylic acids is 2. The maximum absolute atomic E-state index is 12.7. The lowest BCUT2D eigenvalue weighted by molar-refractivity contribution is -0.193. The molecule has 0 amide bonds. The number of fused-ring (bicyclic) bond motifs is 3. The van der Waals surface area contributed by atoms with E-state index in [2.05, 4.69) is 16.2 Å². The van der Waals surface area contributed by atoms with Crippen LogP contribution in [0, 0.1) is 17.8 Å². The topological polar surface area (TPSA) is 148 Å². The number of hydrogen-bond donors (Lipinski definition) is 2. The summed E-state index contributed by atoms with van der Waals surface area (Å²) in [5.74, 6) is -8.05. The molecule has 2 aromatic carbocycles. The van der Waals surface area contributed by atoms with Gasteiger partial charge in [-0.2, -0.15) is 13.2 Å². The van der Waals surface area contributed by atoms with E-state index in [-0.39, 0.29) is 11.5 Å². The molecule has 7 rings (SSSR count). The van der Waals surface area contributed by atoms with E-state index in [1.54, 1.807) is 36.4 Å². The Kier molecular flexibility index (Phi) is 9.34. The molecule has 13 heteroatoms. The molecule has 0 saturated heterocycles. The SMILES string of the molecule is CCCCc1nc2c(n1Cc1ccc(-c3ccccc3C(=O)OC(=O)C(F)(F)F)cc1)CC(=NC13C=CC(CC1)C(C(=O)O)C3C(=O)O)C=C2. The molecular weight excluding hydrogens is 655 g/mol. The van der Waals surface area contributed by atoms with Crippen LogP contribution in [0.1, 0.15) is 65.7 Å². The van der Waals surface area contributed by atoms with Crippen molar-refractivity contribution in [1.29, 1.82) is 0 Å². The molecule has 4 aliphatic rings. The number of aliphatic imine (C=N–C) groups is 1. The largest absolute Gasteiger partial charge is 0.491 e. The summed E-state index contributed by atoms with van der Waals surface area (Å²) < 4.78 is 44.3. The Morgan fingerprint density at radius 2 is 1.78 bits per heavy atom. The number of aryl methyl sites for hydroxylation is 1. The third kappa shape index (κ3) is 6.64. The smallest absolute Gasteiger partial charge is 0.481 e. The van der Waals surface area contributed by atoms with Crippen molar-refractivity contribution in [3.8, 4) is 11.1 Å². The molecule has 0 aliphatic heterocycles. The van der Waals surface area contributed by atoms with Gasteiger partial charge in [-0.25, -0.2) is 14.6 Å². The molecule has 4 unspecified atom stereocenters. The molecule has 3 aromatic rings. The number of hydrogen-bond acceptors (Lipinski definition) is 7. The van der Waals surface area contributed by atoms with Gasteiger partial charge >= 0.3 is 30.1 Å². The number of rotatable bonds is 10. The summed E-state index contributed by atoms with van der Waals surface area (Å²) in [6.45, 7) is 2.50. The van der Waals surface area contributed by atoms with Crippen molar-refractivity contribution in [1.82, 2.24) is 9.55 Å². The number of ether oxygens (including phenoxy) is 1. The number of allylic oxidation sites excluding steroid dienone is 2. The van der Waals surface area contributed by atoms with Crippen LogP contribution in [0.3, 0.4) is 0 Å². The van der Waals surface area contributed by atoms with E-state index in [0.29, 0.717) is 49.1 Å². The third-order valence-electron chi connectivity index (χ3n) is 9.66. The minimum atomic E-state index is -5.31. The van der Waals surface area contributed by atoms with E-state index < -0.39 is 47.4 Å². The number of carboxylic acids is 2. The average molecular weight is 690 g/mol. The van der Waals surface area contributed by atoms with Crippen molar-refractivity contribution >= 4 is 35.7 Å². The van der Waals surface area contributed by atoms with Crippen molar-refractivity contribution in [2.75, 3.05) is 0 Å². The minimum absolute atomic E-state index is 0.192. The third-order valence-corrected chi connectivity index (χ3v) is 9.66. The highest BCUT2D eigenvalue weighted by atomic mass is 19.4. The van der Waals surface area contributed by atoms with Gasteiger partial charge in [0.05, 0.1) is 34.3 Å². The van der Waals surface area contributed by atoms with Crippen molar-refractivity contribution in [2.24, 2.45) is 22.7 Å². The van der Waals surface area contributed by atoms with Crippen molar-refractivity contribution in [2.45, 2.75) is 63.7 Å². The molecule has 4 atom stereocenters. The number of nitrogens with zero attached hydrogens (tertiary/aromatic N) is 3. The highest BCUT2D eigenvalue weighted by molar-refractivity contribution is 6.03. The lowest BCUT2D eigenvalue weighted by Gasteiger charge is -2.47. The van der Waals surface area contributed by atoms with E-state index in [1.807, 2.05) is 24.3 Å². The number of imidazole rings is 1. The van der Waals surface area contributed by atoms with Gasteiger partial charge in [-0.05, 0) is 60.1 Å². The molecule has 1 saturated carbocycles. The summed E-state index contributed by atoms with van der Waals surface area (Å²) in [4.78, 5) is 58.2. The van der Waals surface area contributed by atoms with Gasteiger partial charge in [0.2, 0.25) is 0 Å². The van der Waals surface area contributed by atoms with E-state index in [0.717, 1.165) is 35.6 Å². The van der Waals surface area contributed by atoms with Gasteiger partial charge in [0.25, 0.3) is 0 Å². The maximum Gasteiger partial charge on any atom is 0.491 e. The van der Waals surface area contributed by atoms with E-state index >= 15 is 0 Å². The highest BCUT2D eigenvalue weighted by Crippen LogP contribution is 2.50. The fraction of sp³-hybridized carbons (Fsp3) is 0.351. The molecule has 0 radical (unpaired) electrons. The van der Waals surface area contributed by atoms with Crippen molar-refractivity contribution < 1.29 is 47.3 Å². The van der Waals surface area contributed by atoms with Crippen LogP contribution in [-0.4, -0.2) is 61.1 Å². The first-order chi connectivity index (χ1) is 23.8. The number of esters is 2. The summed E-state index contributed by atoms with van der Waals surface area (Å²) in [6.07, 6.45) is 5.82. The monoisotopic (exact) mass is 689 g/mol. The molecular formula is C37H34F3N3O7. The summed E-state index contributed by atoms with van der Waals surface area (Å²) in [6, 6.07) is 13.0. The number of halogens is 3. The molecule has 1 aromatic heterocycles. The molecule has 2 N–H and O–H groups in total. The predicted octanol–water partition coefficient (Wildman–Crippen LogP) is 6.32. The predicted molar refractivity (Wildman–Crippen MR) is 175 cm³/mol. The Bertz CT molecular complexity index is 1940. The Morgan fingerprint density at radius 3 is 2.42 bits per heavy atom. The Labute approximate surface area is 285 Å². The van der Waals surface area contributed by atoms with Crippen molar-refractivity contribution in [3.05, 3.63) is 95.1 Å². The number of unbranched alkanes of at least 4 members (excludes halogenated alkanes) is 1. The van der Waals surface area contributed by atoms with Crippen LogP contribution >= 0.6 is 0 Å². The second-order valence-electron chi connectivity index (χ2n) is 12.8. The number of carbonyl (C=O) groups is 4. The molecule has 1 heterocycles. The maximum atomic E-state index is 12.7. The van der Waals surface area contributed by atoms with Gasteiger partial charge in [-0.15, -0.1) is 0 Å². The standard InChI is InChI=1S/C37H34F3N3O7/c1-2-3-8-29-41-27-14-13-24(42-36-17-15-23(16-18-36)30(32(44)45)31(36)33(46)47)19-28(27)43(29)20-21-9-11-22(12-10-21)25-6-4-5-7-26(25)34(48)50-35(49)37(38,39)40/h4-7,9-15,17,23,30-31H,2-3,8,16,18-20H2,1H3,(H,44,45)(H,46,47). The van der Waals surface area contributed by atoms with Gasteiger partial charge < -0.3 is 19.5 Å². The van der Waals surface area contributed by atoms with Crippen LogP contribution in [-0.2, 0) is 38.5 Å². The molecule has 260 valence electrons. The molecule has 0 spiro atoms. The quantitative estimate of drug-likeness (QED) is 0.143. The van der Waals surface area contributed by atoms with Crippen LogP contribution in [0.4, 0.5) is 13.2 Å². The van der Waals surface area contributed by atoms with Gasteiger partial charge in [0.1, 0.15) is 5.82 Å². The highest BCUT2D eigenvalue weighted by Gasteiger charge is 2.57. The average Bonchev–Trinajstić information content (AvgIpc) is 3.42. The second kappa shape index (κ2) is 13.5. The number of carboxylic acid groups (broad SMARTS) is 2. The van der Waals surface area contributed by atoms with Crippen LogP contribution in [0.25, 0.3) is 17.2 Å². The normalized spacial score (nSPS) is 23.1. The molecule has 50 heavy (non-hydrogen) atoms. The fourth-order valence-electron chi connectivity index (χ4n) is 7.26. The first-order valence-electron chi connectivity index (χ1n) is 16.3. The van der Waals surface area contributed by atoms with Gasteiger partial charge in [0, 0.05) is 25.1 Å². The zero-order chi connectivity index (χ0) is 35.8. The summed E-state index contributed by atoms with van der Waals surface area (Å²) >= 11 is 0. The first-order valence-corrected chi connectivity index (χ1v) is 16.3. The molecule has 2 bridgehead atoms. The zero-order valence-electron chi connectivity index (χ0n) is 27.0. The lowest BCUT2D eigenvalue weighted by atomic mass is 9.58. The Balaban J connectivity index is 1.28. The fourth-order valence-corrected chi connectivity index (χ4v) is 7.26. The van der Waals surface area contributed by atoms with Crippen molar-refractivity contribution in [3.63, 3.8) is 0 Å². The summed E-state index contributed by atoms with van der Waals surface area (Å²) in [7, 11) is 0. The number of alkyl halides is 3. The molecule has 10 nitrogen and oxygen atoms in total. The van der Waals surface area contributed by atoms with E-state index in [9.17, 15) is 42.6 Å². The first kappa shape index (κ1) is 34.5. The Hall–Kier alpha value is -5.33. The number of aromatic nitrogens is 2. The summed E-state index contributed by atoms with van der Waals surface area (Å²) in [5.41, 5.74) is 2.61. The zero-order valence-corrected chi connectivity index (χ0v) is 27.0. The van der Waals surface area contributed by atoms with E-state index in [1.165, 1.54) is 12.1 Å². The van der Waals surface area contributed by atoms with Gasteiger partial charge in [0.15, 0.2) is 0 Å². The minimum Gasteiger partial charge on any atom is -0.481 e. The van der Waals surface area contributed by atoms with Gasteiger partial charge in [-0.1, -0.05) is 68.0 Å². The van der Waals surface area contributed by atoms with E-state index in [4.69, 9.17) is 9.98 Å². The van der Waals surface area contributed by atoms with Crippen LogP contribution in [0.5, 0.6) is 0 Å². The molecule has 4 aliphatic carbocycles. The van der Waals surface area contributed by atoms with Crippen LogP contribution in [0.15, 0.2) is 71.8 Å². The lowest BCUT2D eigenvalue weighted by Crippen LogP contribution is -2.55. The Morgan fingerprint density at radius 1 is 1.04 bits per heavy atom. The number of benzene rings is 2. The van der Waals surface area contributed by atoms with Crippen LogP contribution in [0.2, 0.25) is 0 Å². The van der Waals surface area contributed by atoms with Crippen LogP contribution < -0.4 is 0 Å². The summed E-state index contributed by atoms with van der Waals surface area (Å²) in [5, 5.41) is 20.1. The molecule has 1 fully saturated rings. The number of aliphatic carboxylic acids is 2. The van der Waals surface area contributed by atoms with Gasteiger partial charge in [-0.3, -0.25) is 14.6 Å².